The fourth-order valence-electron chi connectivity index (χ4n) is 1.35. The molecule has 0 radical (unpaired) electrons. The third-order valence-electron chi connectivity index (χ3n) is 2.27. The summed E-state index contributed by atoms with van der Waals surface area (Å²) in [6.45, 7) is 5.86. The molecule has 0 spiro atoms. The maximum absolute atomic E-state index is 11.6. The van der Waals surface area contributed by atoms with E-state index in [2.05, 4.69) is 9.98 Å². The van der Waals surface area contributed by atoms with Crippen molar-refractivity contribution >= 4 is 17.9 Å². The molecule has 0 aromatic carbocycles. The minimum atomic E-state index is -0.397. The van der Waals surface area contributed by atoms with Crippen LogP contribution >= 0.6 is 0 Å². The van der Waals surface area contributed by atoms with Gasteiger partial charge >= 0.3 is 5.97 Å². The van der Waals surface area contributed by atoms with Crippen molar-refractivity contribution in [1.29, 1.82) is 0 Å². The number of aromatic nitrogens is 1. The van der Waals surface area contributed by atoms with Crippen LogP contribution in [0.2, 0.25) is 0 Å². The number of ether oxygens (including phenoxy) is 1. The Hall–Kier alpha value is -1.97. The summed E-state index contributed by atoms with van der Waals surface area (Å²) in [4.78, 5) is 19.7. The number of nitrogens with zero attached hydrogens (tertiary/aromatic N) is 2. The Bertz CT molecular complexity index is 496. The van der Waals surface area contributed by atoms with Gasteiger partial charge in [-0.1, -0.05) is 20.8 Å². The molecule has 0 N–H and O–H groups in total. The number of carbonyl (C=O) groups is 1. The summed E-state index contributed by atoms with van der Waals surface area (Å²) in [5, 5.41) is 0. The molecule has 88 valence electrons. The van der Waals surface area contributed by atoms with Crippen LogP contribution in [0.25, 0.3) is 6.08 Å². The van der Waals surface area contributed by atoms with Crippen molar-refractivity contribution in [2.24, 2.45) is 10.4 Å². The standard InChI is InChI=1S/C13H14N2O2/c1-13(2,3)12-15-10(11(16)17-12)8-9-4-6-14-7-5-9/h4-8H,1-3H3/b10-8-. The molecule has 0 aliphatic carbocycles. The zero-order valence-corrected chi connectivity index (χ0v) is 10.1. The third kappa shape index (κ3) is 2.58. The van der Waals surface area contributed by atoms with E-state index in [0.717, 1.165) is 5.56 Å². The molecule has 0 saturated carbocycles. The van der Waals surface area contributed by atoms with Crippen LogP contribution in [0.3, 0.4) is 0 Å². The molecule has 0 saturated heterocycles. The molecule has 1 aliphatic rings. The lowest BCUT2D eigenvalue weighted by atomic mass is 9.97. The predicted molar refractivity (Wildman–Crippen MR) is 65.2 cm³/mol. The van der Waals surface area contributed by atoms with Crippen molar-refractivity contribution in [3.05, 3.63) is 35.8 Å². The van der Waals surface area contributed by atoms with Crippen molar-refractivity contribution in [1.82, 2.24) is 4.98 Å². The van der Waals surface area contributed by atoms with E-state index in [0.29, 0.717) is 11.6 Å². The highest BCUT2D eigenvalue weighted by molar-refractivity contribution is 6.08. The second-order valence-electron chi connectivity index (χ2n) is 4.87. The molecule has 1 aromatic rings. The van der Waals surface area contributed by atoms with E-state index < -0.39 is 5.97 Å². The summed E-state index contributed by atoms with van der Waals surface area (Å²) in [6, 6.07) is 3.62. The molecule has 0 unspecified atom stereocenters. The first-order valence-corrected chi connectivity index (χ1v) is 5.40. The van der Waals surface area contributed by atoms with Crippen LogP contribution in [-0.2, 0) is 9.53 Å². The lowest BCUT2D eigenvalue weighted by molar-refractivity contribution is -0.130. The van der Waals surface area contributed by atoms with E-state index in [4.69, 9.17) is 4.74 Å². The number of esters is 1. The fraction of sp³-hybridized carbons (Fsp3) is 0.308. The van der Waals surface area contributed by atoms with E-state index >= 15 is 0 Å². The van der Waals surface area contributed by atoms with Crippen molar-refractivity contribution in [3.63, 3.8) is 0 Å². The molecule has 2 heterocycles. The van der Waals surface area contributed by atoms with E-state index in [9.17, 15) is 4.79 Å². The topological polar surface area (TPSA) is 51.5 Å². The average Bonchev–Trinajstić information content (AvgIpc) is 2.62. The molecular weight excluding hydrogens is 216 g/mol. The van der Waals surface area contributed by atoms with Gasteiger partial charge in [-0.25, -0.2) is 9.79 Å². The summed E-state index contributed by atoms with van der Waals surface area (Å²) in [6.07, 6.45) is 5.03. The first-order chi connectivity index (χ1) is 7.97. The molecule has 0 fully saturated rings. The maximum Gasteiger partial charge on any atom is 0.363 e. The molecule has 4 nitrogen and oxygen atoms in total. The van der Waals surface area contributed by atoms with Crippen LogP contribution in [0.15, 0.2) is 35.2 Å². The number of rotatable bonds is 1. The van der Waals surface area contributed by atoms with E-state index in [-0.39, 0.29) is 5.41 Å². The second kappa shape index (κ2) is 4.13. The van der Waals surface area contributed by atoms with E-state index in [1.807, 2.05) is 32.9 Å². The van der Waals surface area contributed by atoms with Gasteiger partial charge < -0.3 is 4.74 Å². The predicted octanol–water partition coefficient (Wildman–Crippen LogP) is 2.42. The first kappa shape index (κ1) is 11.5. The third-order valence-corrected chi connectivity index (χ3v) is 2.27. The van der Waals surface area contributed by atoms with Crippen molar-refractivity contribution in [2.45, 2.75) is 20.8 Å². The SMILES string of the molecule is CC(C)(C)C1=N/C(=C\c2ccncc2)C(=O)O1. The smallest absolute Gasteiger partial charge is 0.363 e. The minimum Gasteiger partial charge on any atom is -0.406 e. The Balaban J connectivity index is 2.32. The highest BCUT2D eigenvalue weighted by Gasteiger charge is 2.31. The molecule has 0 bridgehead atoms. The number of cyclic esters (lactones) is 1. The normalized spacial score (nSPS) is 18.2. The Morgan fingerprint density at radius 1 is 1.24 bits per heavy atom. The lowest BCUT2D eigenvalue weighted by Crippen LogP contribution is -2.21. The zero-order chi connectivity index (χ0) is 12.5. The van der Waals surface area contributed by atoms with Crippen LogP contribution < -0.4 is 0 Å². The number of pyridine rings is 1. The highest BCUT2D eigenvalue weighted by atomic mass is 16.6. The van der Waals surface area contributed by atoms with Gasteiger partial charge in [-0.2, -0.15) is 0 Å². The van der Waals surface area contributed by atoms with E-state index in [1.165, 1.54) is 0 Å². The largest absolute Gasteiger partial charge is 0.406 e. The minimum absolute atomic E-state index is 0.260. The van der Waals surface area contributed by atoms with Crippen LogP contribution in [0, 0.1) is 5.41 Å². The van der Waals surface area contributed by atoms with Gasteiger partial charge in [0.25, 0.3) is 0 Å². The number of aliphatic imine (C=N–C) groups is 1. The Labute approximate surface area is 100 Å². The van der Waals surface area contributed by atoms with Crippen LogP contribution in [0.4, 0.5) is 0 Å². The summed E-state index contributed by atoms with van der Waals surface area (Å²) < 4.78 is 5.14. The Kier molecular flexibility index (Phi) is 2.79. The Morgan fingerprint density at radius 2 is 1.88 bits per heavy atom. The van der Waals surface area contributed by atoms with Crippen LogP contribution in [-0.4, -0.2) is 16.9 Å². The summed E-state index contributed by atoms with van der Waals surface area (Å²) in [5.41, 5.74) is 0.954. The van der Waals surface area contributed by atoms with E-state index in [1.54, 1.807) is 18.5 Å². The molecular formula is C13H14N2O2. The van der Waals surface area contributed by atoms with Crippen LogP contribution in [0.1, 0.15) is 26.3 Å². The number of hydrogen-bond acceptors (Lipinski definition) is 4. The lowest BCUT2D eigenvalue weighted by Gasteiger charge is -2.15. The van der Waals surface area contributed by atoms with Gasteiger partial charge in [0.1, 0.15) is 0 Å². The van der Waals surface area contributed by atoms with Crippen LogP contribution in [0.5, 0.6) is 0 Å². The fourth-order valence-corrected chi connectivity index (χ4v) is 1.35. The molecule has 17 heavy (non-hydrogen) atoms. The van der Waals surface area contributed by atoms with Crippen molar-refractivity contribution in [3.8, 4) is 0 Å². The Morgan fingerprint density at radius 3 is 2.41 bits per heavy atom. The van der Waals surface area contributed by atoms with Gasteiger partial charge in [-0.05, 0) is 23.8 Å². The number of carbonyl (C=O) groups excluding carboxylic acids is 1. The molecule has 0 atom stereocenters. The summed E-state index contributed by atoms with van der Waals surface area (Å²) in [7, 11) is 0. The monoisotopic (exact) mass is 230 g/mol. The van der Waals surface area contributed by atoms with Gasteiger partial charge in [-0.3, -0.25) is 4.98 Å². The van der Waals surface area contributed by atoms with Gasteiger partial charge in [-0.15, -0.1) is 0 Å². The van der Waals surface area contributed by atoms with Gasteiger partial charge in [0.15, 0.2) is 5.70 Å². The van der Waals surface area contributed by atoms with Crippen molar-refractivity contribution in [2.75, 3.05) is 0 Å². The molecule has 0 amide bonds. The second-order valence-corrected chi connectivity index (χ2v) is 4.87. The average molecular weight is 230 g/mol. The number of hydrogen-bond donors (Lipinski definition) is 0. The first-order valence-electron chi connectivity index (χ1n) is 5.40. The quantitative estimate of drug-likeness (QED) is 0.550. The summed E-state index contributed by atoms with van der Waals surface area (Å²) >= 11 is 0. The highest BCUT2D eigenvalue weighted by Crippen LogP contribution is 2.25. The van der Waals surface area contributed by atoms with Gasteiger partial charge in [0.2, 0.25) is 5.90 Å². The maximum atomic E-state index is 11.6. The van der Waals surface area contributed by atoms with Crippen molar-refractivity contribution < 1.29 is 9.53 Å². The zero-order valence-electron chi connectivity index (χ0n) is 10.1. The molecule has 4 heteroatoms. The summed E-state index contributed by atoms with van der Waals surface area (Å²) in [5.74, 6) is 0.0644. The molecule has 2 rings (SSSR count). The van der Waals surface area contributed by atoms with Gasteiger partial charge in [0, 0.05) is 17.8 Å². The molecule has 1 aliphatic heterocycles. The molecule has 1 aromatic heterocycles. The van der Waals surface area contributed by atoms with Gasteiger partial charge in [0.05, 0.1) is 0 Å².